The lowest BCUT2D eigenvalue weighted by Gasteiger charge is -2.30. The number of aryl methyl sites for hydroxylation is 1. The number of hydrazine groups is 1. The van der Waals surface area contributed by atoms with Gasteiger partial charge in [-0.2, -0.15) is 5.01 Å². The molecule has 1 unspecified atom stereocenters. The van der Waals surface area contributed by atoms with Crippen molar-refractivity contribution in [3.05, 3.63) is 65.7 Å². The molecule has 0 spiro atoms. The fraction of sp³-hybridized carbons (Fsp3) is 0.250. The Bertz CT molecular complexity index is 556. The van der Waals surface area contributed by atoms with Gasteiger partial charge in [-0.05, 0) is 24.6 Å². The summed E-state index contributed by atoms with van der Waals surface area (Å²) in [7, 11) is 0. The number of hydrogen-bond donors (Lipinski definition) is 2. The molecule has 0 radical (unpaired) electrons. The second-order valence-electron chi connectivity index (χ2n) is 5.05. The molecule has 3 rings (SSSR count). The monoisotopic (exact) mass is 285 g/mol. The Morgan fingerprint density at radius 2 is 1.80 bits per heavy atom. The maximum Gasteiger partial charge on any atom is 0.124 e. The van der Waals surface area contributed by atoms with Crippen LogP contribution in [0.1, 0.15) is 11.1 Å². The van der Waals surface area contributed by atoms with E-state index in [2.05, 4.69) is 83.4 Å². The van der Waals surface area contributed by atoms with E-state index in [9.17, 15) is 0 Å². The molecule has 1 aliphatic heterocycles. The highest BCUT2D eigenvalue weighted by Crippen LogP contribution is 2.24. The predicted molar refractivity (Wildman–Crippen MR) is 86.4 cm³/mol. The molecule has 1 N–H and O–H groups in total. The fourth-order valence-electron chi connectivity index (χ4n) is 2.40. The Hall–Kier alpha value is -1.49. The number of nitrogens with zero attached hydrogens (tertiary/aromatic N) is 2. The van der Waals surface area contributed by atoms with Crippen LogP contribution in [0.5, 0.6) is 0 Å². The van der Waals surface area contributed by atoms with E-state index in [-0.39, 0.29) is 5.50 Å². The topological polar surface area (TPSA) is 18.5 Å². The Balaban J connectivity index is 1.81. The van der Waals surface area contributed by atoms with Gasteiger partial charge in [-0.1, -0.05) is 48.0 Å². The number of nitrogens with one attached hydrogen (secondary N) is 1. The average molecular weight is 285 g/mol. The molecule has 0 amide bonds. The molecule has 1 heterocycles. The summed E-state index contributed by atoms with van der Waals surface area (Å²) in [6.45, 7) is 3.73. The molecule has 20 heavy (non-hydrogen) atoms. The van der Waals surface area contributed by atoms with Crippen molar-refractivity contribution in [2.75, 3.05) is 11.7 Å². The Morgan fingerprint density at radius 3 is 2.50 bits per heavy atom. The van der Waals surface area contributed by atoms with Gasteiger partial charge in [0.25, 0.3) is 0 Å². The van der Waals surface area contributed by atoms with Gasteiger partial charge in [0, 0.05) is 6.54 Å². The molecular formula is C16H19N3S. The van der Waals surface area contributed by atoms with Crippen molar-refractivity contribution in [3.8, 4) is 0 Å². The van der Waals surface area contributed by atoms with Gasteiger partial charge in [0.1, 0.15) is 5.50 Å². The quantitative estimate of drug-likeness (QED) is 0.845. The lowest BCUT2D eigenvalue weighted by Crippen LogP contribution is -2.39. The number of thiol groups is 1. The number of rotatable bonds is 3. The Kier molecular flexibility index (Phi) is 3.96. The molecule has 0 aromatic heterocycles. The first-order valence-electron chi connectivity index (χ1n) is 6.80. The third-order valence-corrected chi connectivity index (χ3v) is 3.98. The zero-order chi connectivity index (χ0) is 13.9. The van der Waals surface area contributed by atoms with Gasteiger partial charge < -0.3 is 0 Å². The zero-order valence-electron chi connectivity index (χ0n) is 11.5. The summed E-state index contributed by atoms with van der Waals surface area (Å²) in [6.07, 6.45) is 0. The van der Waals surface area contributed by atoms with Crippen LogP contribution in [0, 0.1) is 6.92 Å². The first-order valence-corrected chi connectivity index (χ1v) is 7.32. The lowest BCUT2D eigenvalue weighted by molar-refractivity contribution is 0.277. The summed E-state index contributed by atoms with van der Waals surface area (Å²) in [5, 5.41) is 7.85. The fourth-order valence-corrected chi connectivity index (χ4v) is 2.68. The average Bonchev–Trinajstić information content (AvgIpc) is 2.83. The minimum absolute atomic E-state index is 0.0384. The summed E-state index contributed by atoms with van der Waals surface area (Å²) < 4.78 is 0. The number of hydrogen-bond acceptors (Lipinski definition) is 4. The van der Waals surface area contributed by atoms with E-state index in [1.54, 1.807) is 0 Å². The first kappa shape index (κ1) is 13.5. The van der Waals surface area contributed by atoms with Gasteiger partial charge in [0.2, 0.25) is 0 Å². The van der Waals surface area contributed by atoms with Crippen molar-refractivity contribution in [1.82, 2.24) is 10.3 Å². The third-order valence-electron chi connectivity index (χ3n) is 3.54. The number of anilines is 1. The minimum Gasteiger partial charge on any atom is -0.289 e. The van der Waals surface area contributed by atoms with Gasteiger partial charge in [-0.15, -0.1) is 12.6 Å². The third kappa shape index (κ3) is 2.82. The standard InChI is InChI=1S/C16H19N3S/c1-13-7-9-15(10-8-13)19-12-17-16(20)18(19)11-14-5-3-2-4-6-14/h2-10,16-17,20H,11-12H2,1H3. The maximum absolute atomic E-state index is 4.62. The molecule has 2 aromatic carbocycles. The van der Waals surface area contributed by atoms with Crippen LogP contribution in [0.25, 0.3) is 0 Å². The summed E-state index contributed by atoms with van der Waals surface area (Å²) in [5.41, 5.74) is 3.79. The van der Waals surface area contributed by atoms with E-state index in [1.807, 2.05) is 6.07 Å². The van der Waals surface area contributed by atoms with Crippen molar-refractivity contribution in [3.63, 3.8) is 0 Å². The Morgan fingerprint density at radius 1 is 1.10 bits per heavy atom. The highest BCUT2D eigenvalue weighted by atomic mass is 32.1. The second-order valence-corrected chi connectivity index (χ2v) is 5.54. The normalized spacial score (nSPS) is 19.5. The van der Waals surface area contributed by atoms with Crippen LogP contribution in [0.2, 0.25) is 0 Å². The molecule has 104 valence electrons. The van der Waals surface area contributed by atoms with Crippen LogP contribution < -0.4 is 10.3 Å². The van der Waals surface area contributed by atoms with Gasteiger partial charge >= 0.3 is 0 Å². The van der Waals surface area contributed by atoms with Crippen molar-refractivity contribution in [1.29, 1.82) is 0 Å². The predicted octanol–water partition coefficient (Wildman–Crippen LogP) is 2.99. The minimum atomic E-state index is 0.0384. The molecule has 1 aliphatic rings. The van der Waals surface area contributed by atoms with Crippen molar-refractivity contribution in [2.45, 2.75) is 19.0 Å². The van der Waals surface area contributed by atoms with Gasteiger partial charge in [0.15, 0.2) is 0 Å². The van der Waals surface area contributed by atoms with Crippen LogP contribution in [0.4, 0.5) is 5.69 Å². The van der Waals surface area contributed by atoms with Gasteiger partial charge in [-0.3, -0.25) is 10.3 Å². The summed E-state index contributed by atoms with van der Waals surface area (Å²) in [4.78, 5) is 0. The first-order chi connectivity index (χ1) is 9.74. The van der Waals surface area contributed by atoms with E-state index < -0.39 is 0 Å². The van der Waals surface area contributed by atoms with E-state index in [1.165, 1.54) is 16.8 Å². The molecule has 1 saturated heterocycles. The van der Waals surface area contributed by atoms with E-state index in [0.717, 1.165) is 13.2 Å². The number of benzene rings is 2. The van der Waals surface area contributed by atoms with Crippen LogP contribution in [0.15, 0.2) is 54.6 Å². The highest BCUT2D eigenvalue weighted by Gasteiger charge is 2.28. The van der Waals surface area contributed by atoms with E-state index in [4.69, 9.17) is 0 Å². The van der Waals surface area contributed by atoms with Crippen LogP contribution in [0.3, 0.4) is 0 Å². The van der Waals surface area contributed by atoms with Crippen molar-refractivity contribution in [2.24, 2.45) is 0 Å². The molecule has 3 nitrogen and oxygen atoms in total. The van der Waals surface area contributed by atoms with Gasteiger partial charge in [0.05, 0.1) is 12.4 Å². The van der Waals surface area contributed by atoms with Crippen molar-refractivity contribution >= 4 is 18.3 Å². The maximum atomic E-state index is 4.62. The van der Waals surface area contributed by atoms with Crippen molar-refractivity contribution < 1.29 is 0 Å². The molecule has 0 saturated carbocycles. The van der Waals surface area contributed by atoms with E-state index >= 15 is 0 Å². The molecule has 4 heteroatoms. The molecule has 1 atom stereocenters. The summed E-state index contributed by atoms with van der Waals surface area (Å²) >= 11 is 4.62. The molecule has 0 bridgehead atoms. The molecule has 0 aliphatic carbocycles. The molecular weight excluding hydrogens is 266 g/mol. The largest absolute Gasteiger partial charge is 0.289 e. The lowest BCUT2D eigenvalue weighted by atomic mass is 10.2. The highest BCUT2D eigenvalue weighted by molar-refractivity contribution is 7.80. The van der Waals surface area contributed by atoms with Crippen LogP contribution in [-0.2, 0) is 6.54 Å². The second kappa shape index (κ2) is 5.87. The molecule has 1 fully saturated rings. The smallest absolute Gasteiger partial charge is 0.124 e. The molecule has 2 aromatic rings. The van der Waals surface area contributed by atoms with Gasteiger partial charge in [-0.25, -0.2) is 0 Å². The summed E-state index contributed by atoms with van der Waals surface area (Å²) in [6, 6.07) is 19.1. The zero-order valence-corrected chi connectivity index (χ0v) is 12.4. The van der Waals surface area contributed by atoms with Crippen LogP contribution >= 0.6 is 12.6 Å². The van der Waals surface area contributed by atoms with E-state index in [0.29, 0.717) is 0 Å². The van der Waals surface area contributed by atoms with Crippen LogP contribution in [-0.4, -0.2) is 17.2 Å². The SMILES string of the molecule is Cc1ccc(N2CNC(S)N2Cc2ccccc2)cc1. The Labute approximate surface area is 125 Å². The summed E-state index contributed by atoms with van der Waals surface area (Å²) in [5.74, 6) is 0.